The van der Waals surface area contributed by atoms with Gasteiger partial charge in [0.1, 0.15) is 12.1 Å². The highest BCUT2D eigenvalue weighted by atomic mass is 127. The number of hydrogen-bond acceptors (Lipinski definition) is 6. The first kappa shape index (κ1) is 27.5. The predicted molar refractivity (Wildman–Crippen MR) is 133 cm³/mol. The molecule has 1 saturated heterocycles. The van der Waals surface area contributed by atoms with Crippen LogP contribution in [0.4, 0.5) is 4.79 Å². The number of ether oxygens (including phenoxy) is 1. The standard InChI is InChI=1S/C21H38N6O3.HI/c1-7-22-19(24-15-17-14-18(16(2)3)25-30-17)23-8-9-26-10-12-27(13-11-26)20(28)29-21(4,5)6;/h14,16H,7-13,15H2,1-6H3,(H2,22,23,24);1H. The van der Waals surface area contributed by atoms with Crippen LogP contribution in [0.15, 0.2) is 15.6 Å². The first-order valence-corrected chi connectivity index (χ1v) is 10.9. The first-order valence-electron chi connectivity index (χ1n) is 10.9. The largest absolute Gasteiger partial charge is 0.444 e. The summed E-state index contributed by atoms with van der Waals surface area (Å²) in [7, 11) is 0. The Morgan fingerprint density at radius 3 is 2.48 bits per heavy atom. The molecule has 0 aliphatic carbocycles. The Morgan fingerprint density at radius 1 is 1.26 bits per heavy atom. The molecular formula is C21H39IN6O3. The second-order valence-corrected chi connectivity index (χ2v) is 8.80. The van der Waals surface area contributed by atoms with Crippen molar-refractivity contribution in [2.75, 3.05) is 45.8 Å². The van der Waals surface area contributed by atoms with Gasteiger partial charge in [-0.3, -0.25) is 4.90 Å². The van der Waals surface area contributed by atoms with Gasteiger partial charge < -0.3 is 24.8 Å². The van der Waals surface area contributed by atoms with Crippen molar-refractivity contribution >= 4 is 36.0 Å². The van der Waals surface area contributed by atoms with Gasteiger partial charge in [-0.1, -0.05) is 19.0 Å². The molecule has 0 atom stereocenters. The fraction of sp³-hybridized carbons (Fsp3) is 0.762. The summed E-state index contributed by atoms with van der Waals surface area (Å²) in [6.07, 6.45) is -0.227. The van der Waals surface area contributed by atoms with E-state index in [1.807, 2.05) is 33.8 Å². The van der Waals surface area contributed by atoms with Crippen LogP contribution in [0.3, 0.4) is 0 Å². The highest BCUT2D eigenvalue weighted by Crippen LogP contribution is 2.14. The zero-order chi connectivity index (χ0) is 22.1. The number of piperazine rings is 1. The molecule has 1 aliphatic rings. The molecule has 1 aliphatic heterocycles. The second-order valence-electron chi connectivity index (χ2n) is 8.80. The maximum atomic E-state index is 12.2. The van der Waals surface area contributed by atoms with Gasteiger partial charge in [-0.2, -0.15) is 0 Å². The molecule has 0 saturated carbocycles. The third-order valence-electron chi connectivity index (χ3n) is 4.65. The Bertz CT molecular complexity index is 694. The van der Waals surface area contributed by atoms with Crippen LogP contribution in [-0.2, 0) is 11.3 Å². The SMILES string of the molecule is CCNC(=NCc1cc(C(C)C)no1)NCCN1CCN(C(=O)OC(C)(C)C)CC1.I. The third-order valence-corrected chi connectivity index (χ3v) is 4.65. The number of carbonyl (C=O) groups is 1. The van der Waals surface area contributed by atoms with Gasteiger partial charge >= 0.3 is 6.09 Å². The summed E-state index contributed by atoms with van der Waals surface area (Å²) < 4.78 is 10.8. The summed E-state index contributed by atoms with van der Waals surface area (Å²) in [6, 6.07) is 1.96. The Balaban J connectivity index is 0.00000480. The maximum Gasteiger partial charge on any atom is 0.410 e. The molecule has 0 unspecified atom stereocenters. The van der Waals surface area contributed by atoms with Crippen LogP contribution in [0.2, 0.25) is 0 Å². The molecule has 0 radical (unpaired) electrons. The summed E-state index contributed by atoms with van der Waals surface area (Å²) in [4.78, 5) is 20.9. The molecule has 0 bridgehead atoms. The van der Waals surface area contributed by atoms with Crippen molar-refractivity contribution in [3.8, 4) is 0 Å². The summed E-state index contributed by atoms with van der Waals surface area (Å²) in [6.45, 7) is 17.8. The second kappa shape index (κ2) is 13.1. The Morgan fingerprint density at radius 2 is 1.94 bits per heavy atom. The van der Waals surface area contributed by atoms with Crippen LogP contribution in [0.25, 0.3) is 0 Å². The van der Waals surface area contributed by atoms with Crippen molar-refractivity contribution < 1.29 is 14.1 Å². The van der Waals surface area contributed by atoms with E-state index in [0.29, 0.717) is 25.6 Å². The number of hydrogen-bond donors (Lipinski definition) is 2. The lowest BCUT2D eigenvalue weighted by Gasteiger charge is -2.35. The fourth-order valence-electron chi connectivity index (χ4n) is 2.99. The minimum atomic E-state index is -0.456. The quantitative estimate of drug-likeness (QED) is 0.306. The van der Waals surface area contributed by atoms with Crippen molar-refractivity contribution in [3.05, 3.63) is 17.5 Å². The van der Waals surface area contributed by atoms with Crippen LogP contribution in [-0.4, -0.2) is 78.4 Å². The van der Waals surface area contributed by atoms with Crippen LogP contribution < -0.4 is 10.6 Å². The number of amides is 1. The van der Waals surface area contributed by atoms with Crippen LogP contribution in [0, 0.1) is 0 Å². The minimum Gasteiger partial charge on any atom is -0.444 e. The monoisotopic (exact) mass is 550 g/mol. The van der Waals surface area contributed by atoms with Gasteiger partial charge in [0.2, 0.25) is 0 Å². The van der Waals surface area contributed by atoms with Crippen LogP contribution in [0.1, 0.15) is 58.9 Å². The molecular weight excluding hydrogens is 511 g/mol. The molecule has 10 heteroatoms. The summed E-state index contributed by atoms with van der Waals surface area (Å²) in [5.74, 6) is 1.86. The van der Waals surface area contributed by atoms with Crippen molar-refractivity contribution in [1.29, 1.82) is 0 Å². The molecule has 1 fully saturated rings. The van der Waals surface area contributed by atoms with Gasteiger partial charge in [-0.25, -0.2) is 9.79 Å². The lowest BCUT2D eigenvalue weighted by molar-refractivity contribution is 0.0147. The minimum absolute atomic E-state index is 0. The predicted octanol–water partition coefficient (Wildman–Crippen LogP) is 3.02. The van der Waals surface area contributed by atoms with Gasteiger partial charge in [-0.05, 0) is 33.6 Å². The van der Waals surface area contributed by atoms with Crippen LogP contribution in [0.5, 0.6) is 0 Å². The highest BCUT2D eigenvalue weighted by molar-refractivity contribution is 14.0. The molecule has 2 rings (SSSR count). The molecule has 178 valence electrons. The maximum absolute atomic E-state index is 12.2. The van der Waals surface area contributed by atoms with Crippen LogP contribution >= 0.6 is 24.0 Å². The van der Waals surface area contributed by atoms with E-state index in [1.54, 1.807) is 4.90 Å². The normalized spacial score (nSPS) is 15.6. The Hall–Kier alpha value is -1.56. The van der Waals surface area contributed by atoms with E-state index in [1.165, 1.54) is 0 Å². The third kappa shape index (κ3) is 10.1. The zero-order valence-electron chi connectivity index (χ0n) is 19.7. The number of aliphatic imine (C=N–C) groups is 1. The van der Waals surface area contributed by atoms with E-state index >= 15 is 0 Å². The number of nitrogens with one attached hydrogen (secondary N) is 2. The summed E-state index contributed by atoms with van der Waals surface area (Å²) in [5, 5.41) is 10.7. The Kier molecular flexibility index (Phi) is 11.6. The topological polar surface area (TPSA) is 95.2 Å². The fourth-order valence-corrected chi connectivity index (χ4v) is 2.99. The van der Waals surface area contributed by atoms with E-state index in [2.05, 4.69) is 39.5 Å². The van der Waals surface area contributed by atoms with Gasteiger partial charge in [0.15, 0.2) is 11.7 Å². The van der Waals surface area contributed by atoms with Crippen molar-refractivity contribution in [2.45, 2.75) is 59.6 Å². The van der Waals surface area contributed by atoms with Crippen molar-refractivity contribution in [3.63, 3.8) is 0 Å². The summed E-state index contributed by atoms with van der Waals surface area (Å²) >= 11 is 0. The van der Waals surface area contributed by atoms with E-state index in [0.717, 1.165) is 50.1 Å². The molecule has 1 aromatic heterocycles. The molecule has 9 nitrogen and oxygen atoms in total. The van der Waals surface area contributed by atoms with E-state index < -0.39 is 5.60 Å². The highest BCUT2D eigenvalue weighted by Gasteiger charge is 2.25. The number of halogens is 1. The average Bonchev–Trinajstić information content (AvgIpc) is 3.14. The van der Waals surface area contributed by atoms with Gasteiger partial charge in [-0.15, -0.1) is 24.0 Å². The van der Waals surface area contributed by atoms with E-state index in [9.17, 15) is 4.79 Å². The smallest absolute Gasteiger partial charge is 0.410 e. The molecule has 0 spiro atoms. The average molecular weight is 550 g/mol. The molecule has 2 heterocycles. The number of aromatic nitrogens is 1. The molecule has 31 heavy (non-hydrogen) atoms. The van der Waals surface area contributed by atoms with Crippen molar-refractivity contribution in [2.24, 2.45) is 4.99 Å². The lowest BCUT2D eigenvalue weighted by atomic mass is 10.1. The lowest BCUT2D eigenvalue weighted by Crippen LogP contribution is -2.51. The Labute approximate surface area is 203 Å². The summed E-state index contributed by atoms with van der Waals surface area (Å²) in [5.41, 5.74) is 0.492. The van der Waals surface area contributed by atoms with E-state index in [4.69, 9.17) is 9.26 Å². The molecule has 1 amide bonds. The number of guanidine groups is 1. The first-order chi connectivity index (χ1) is 14.2. The van der Waals surface area contributed by atoms with Gasteiger partial charge in [0.05, 0.1) is 5.69 Å². The number of nitrogens with zero attached hydrogens (tertiary/aromatic N) is 4. The van der Waals surface area contributed by atoms with Gasteiger partial charge in [0.25, 0.3) is 0 Å². The number of rotatable bonds is 7. The van der Waals surface area contributed by atoms with Gasteiger partial charge in [0, 0.05) is 51.9 Å². The molecule has 2 N–H and O–H groups in total. The molecule has 0 aromatic carbocycles. The van der Waals surface area contributed by atoms with E-state index in [-0.39, 0.29) is 30.1 Å². The molecule has 1 aromatic rings. The number of carbonyl (C=O) groups excluding carboxylic acids is 1. The zero-order valence-corrected chi connectivity index (χ0v) is 22.1. The van der Waals surface area contributed by atoms with Crippen molar-refractivity contribution in [1.82, 2.24) is 25.6 Å².